The zero-order valence-electron chi connectivity index (χ0n) is 17.0. The van der Waals surface area contributed by atoms with Gasteiger partial charge in [0, 0.05) is 26.2 Å². The lowest BCUT2D eigenvalue weighted by molar-refractivity contribution is -0.0347. The fourth-order valence-electron chi connectivity index (χ4n) is 3.82. The monoisotopic (exact) mass is 378 g/mol. The van der Waals surface area contributed by atoms with E-state index in [0.29, 0.717) is 0 Å². The molecule has 0 aliphatic carbocycles. The van der Waals surface area contributed by atoms with Crippen LogP contribution >= 0.6 is 0 Å². The minimum atomic E-state index is 0.916. The Bertz CT molecular complexity index is 730. The molecule has 0 spiro atoms. The Morgan fingerprint density at radius 3 is 1.21 bits per heavy atom. The molecule has 0 unspecified atom stereocenters. The van der Waals surface area contributed by atoms with Crippen molar-refractivity contribution in [1.29, 1.82) is 0 Å². The predicted octanol–water partition coefficient (Wildman–Crippen LogP) is 5.42. The standard InChI is InChI=1S/C24H30N2O2/c1-19(21-7-11-23(12-8-21)27-25-15-3-4-16-25)20(2)22-9-13-24(14-10-22)28-26-17-5-6-18-26/h7-14H,3-6,15-18H2,1-2H3/b20-19+. The third-order valence-corrected chi connectivity index (χ3v) is 5.74. The molecule has 4 heteroatoms. The molecule has 2 aromatic carbocycles. The fourth-order valence-corrected chi connectivity index (χ4v) is 3.82. The second-order valence-corrected chi connectivity index (χ2v) is 7.75. The molecule has 2 aliphatic heterocycles. The van der Waals surface area contributed by atoms with Gasteiger partial charge in [-0.15, -0.1) is 10.1 Å². The Balaban J connectivity index is 1.43. The van der Waals surface area contributed by atoms with Gasteiger partial charge in [-0.2, -0.15) is 0 Å². The predicted molar refractivity (Wildman–Crippen MR) is 114 cm³/mol. The molecular weight excluding hydrogens is 348 g/mol. The van der Waals surface area contributed by atoms with Crippen LogP contribution < -0.4 is 9.68 Å². The smallest absolute Gasteiger partial charge is 0.147 e. The first kappa shape index (κ1) is 19.0. The van der Waals surface area contributed by atoms with Gasteiger partial charge in [0.25, 0.3) is 0 Å². The number of benzene rings is 2. The van der Waals surface area contributed by atoms with Crippen LogP contribution in [0.5, 0.6) is 11.5 Å². The maximum atomic E-state index is 5.92. The summed E-state index contributed by atoms with van der Waals surface area (Å²) < 4.78 is 0. The highest BCUT2D eigenvalue weighted by Crippen LogP contribution is 2.28. The summed E-state index contributed by atoms with van der Waals surface area (Å²) in [5.41, 5.74) is 5.01. The van der Waals surface area contributed by atoms with E-state index in [1.807, 2.05) is 0 Å². The number of allylic oxidation sites excluding steroid dienone is 2. The molecule has 2 saturated heterocycles. The van der Waals surface area contributed by atoms with Gasteiger partial charge in [-0.3, -0.25) is 0 Å². The van der Waals surface area contributed by atoms with Crippen LogP contribution in [0.25, 0.3) is 11.1 Å². The lowest BCUT2D eigenvalue weighted by Gasteiger charge is -2.17. The van der Waals surface area contributed by atoms with Crippen LogP contribution in [0.15, 0.2) is 48.5 Å². The topological polar surface area (TPSA) is 24.9 Å². The molecule has 0 N–H and O–H groups in total. The van der Waals surface area contributed by atoms with Gasteiger partial charge in [-0.25, -0.2) is 0 Å². The summed E-state index contributed by atoms with van der Waals surface area (Å²) in [5, 5.41) is 4.10. The molecule has 28 heavy (non-hydrogen) atoms. The molecule has 4 nitrogen and oxygen atoms in total. The molecule has 4 rings (SSSR count). The van der Waals surface area contributed by atoms with Crippen molar-refractivity contribution in [3.8, 4) is 11.5 Å². The van der Waals surface area contributed by atoms with Crippen LogP contribution in [0.4, 0.5) is 0 Å². The number of hydroxylamine groups is 4. The molecular formula is C24H30N2O2. The third kappa shape index (κ3) is 4.57. The second kappa shape index (κ2) is 8.80. The fraction of sp³-hybridized carbons (Fsp3) is 0.417. The van der Waals surface area contributed by atoms with E-state index in [0.717, 1.165) is 37.7 Å². The summed E-state index contributed by atoms with van der Waals surface area (Å²) in [6.07, 6.45) is 4.89. The normalized spacial score (nSPS) is 18.9. The Labute approximate surface area is 168 Å². The van der Waals surface area contributed by atoms with Crippen molar-refractivity contribution in [2.75, 3.05) is 26.2 Å². The van der Waals surface area contributed by atoms with E-state index in [9.17, 15) is 0 Å². The van der Waals surface area contributed by atoms with E-state index >= 15 is 0 Å². The Morgan fingerprint density at radius 1 is 0.571 bits per heavy atom. The Hall–Kier alpha value is -2.30. The van der Waals surface area contributed by atoms with Crippen molar-refractivity contribution in [1.82, 2.24) is 10.1 Å². The van der Waals surface area contributed by atoms with Gasteiger partial charge < -0.3 is 9.68 Å². The summed E-state index contributed by atoms with van der Waals surface area (Å²) in [6, 6.07) is 16.9. The average Bonchev–Trinajstić information content (AvgIpc) is 3.42. The summed E-state index contributed by atoms with van der Waals surface area (Å²) in [4.78, 5) is 11.8. The first-order valence-electron chi connectivity index (χ1n) is 10.4. The molecule has 2 fully saturated rings. The van der Waals surface area contributed by atoms with Crippen molar-refractivity contribution >= 4 is 11.1 Å². The van der Waals surface area contributed by atoms with Crippen molar-refractivity contribution in [3.05, 3.63) is 59.7 Å². The summed E-state index contributed by atoms with van der Waals surface area (Å²) in [7, 11) is 0. The van der Waals surface area contributed by atoms with Crippen LogP contribution in [-0.4, -0.2) is 36.3 Å². The molecule has 0 amide bonds. The first-order valence-corrected chi connectivity index (χ1v) is 10.4. The van der Waals surface area contributed by atoms with Crippen LogP contribution in [0.1, 0.15) is 50.7 Å². The van der Waals surface area contributed by atoms with Crippen molar-refractivity contribution in [2.45, 2.75) is 39.5 Å². The number of hydrogen-bond acceptors (Lipinski definition) is 4. The zero-order valence-corrected chi connectivity index (χ0v) is 17.0. The SMILES string of the molecule is C/C(=C(/C)c1ccc(ON2CCCC2)cc1)c1ccc(ON2CCCC2)cc1. The molecule has 0 atom stereocenters. The van der Waals surface area contributed by atoms with Crippen molar-refractivity contribution in [2.24, 2.45) is 0 Å². The summed E-state index contributed by atoms with van der Waals surface area (Å²) in [6.45, 7) is 8.46. The third-order valence-electron chi connectivity index (χ3n) is 5.74. The van der Waals surface area contributed by atoms with Gasteiger partial charge in [-0.05, 0) is 86.1 Å². The highest BCUT2D eigenvalue weighted by Gasteiger charge is 2.14. The molecule has 0 bridgehead atoms. The number of hydrogen-bond donors (Lipinski definition) is 0. The Kier molecular flexibility index (Phi) is 5.98. The largest absolute Gasteiger partial charge is 0.406 e. The molecule has 2 heterocycles. The quantitative estimate of drug-likeness (QED) is 0.627. The van der Waals surface area contributed by atoms with Gasteiger partial charge in [0.1, 0.15) is 11.5 Å². The highest BCUT2D eigenvalue weighted by molar-refractivity contribution is 5.89. The van der Waals surface area contributed by atoms with E-state index in [1.165, 1.54) is 48.0 Å². The van der Waals surface area contributed by atoms with Gasteiger partial charge in [-0.1, -0.05) is 24.3 Å². The van der Waals surface area contributed by atoms with Crippen LogP contribution in [0, 0.1) is 0 Å². The lowest BCUT2D eigenvalue weighted by atomic mass is 9.97. The van der Waals surface area contributed by atoms with E-state index < -0.39 is 0 Å². The molecule has 0 aromatic heterocycles. The lowest BCUT2D eigenvalue weighted by Crippen LogP contribution is -2.23. The first-order chi connectivity index (χ1) is 13.7. The molecule has 148 valence electrons. The van der Waals surface area contributed by atoms with E-state index in [2.05, 4.69) is 72.5 Å². The van der Waals surface area contributed by atoms with Crippen molar-refractivity contribution < 1.29 is 9.68 Å². The second-order valence-electron chi connectivity index (χ2n) is 7.75. The van der Waals surface area contributed by atoms with Crippen LogP contribution in [0.2, 0.25) is 0 Å². The Morgan fingerprint density at radius 2 is 0.893 bits per heavy atom. The number of nitrogens with zero attached hydrogens (tertiary/aromatic N) is 2. The molecule has 2 aromatic rings. The summed E-state index contributed by atoms with van der Waals surface area (Å²) >= 11 is 0. The van der Waals surface area contributed by atoms with Gasteiger partial charge in [0.15, 0.2) is 0 Å². The zero-order chi connectivity index (χ0) is 19.3. The van der Waals surface area contributed by atoms with Crippen molar-refractivity contribution in [3.63, 3.8) is 0 Å². The van der Waals surface area contributed by atoms with Crippen LogP contribution in [-0.2, 0) is 0 Å². The maximum Gasteiger partial charge on any atom is 0.147 e. The van der Waals surface area contributed by atoms with Gasteiger partial charge in [0.05, 0.1) is 0 Å². The van der Waals surface area contributed by atoms with Crippen LogP contribution in [0.3, 0.4) is 0 Å². The highest BCUT2D eigenvalue weighted by atomic mass is 16.7. The van der Waals surface area contributed by atoms with E-state index in [-0.39, 0.29) is 0 Å². The van der Waals surface area contributed by atoms with Gasteiger partial charge >= 0.3 is 0 Å². The summed E-state index contributed by atoms with van der Waals surface area (Å²) in [5.74, 6) is 1.83. The van der Waals surface area contributed by atoms with Gasteiger partial charge in [0.2, 0.25) is 0 Å². The average molecular weight is 379 g/mol. The molecule has 2 aliphatic rings. The molecule has 0 radical (unpaired) electrons. The minimum Gasteiger partial charge on any atom is -0.406 e. The number of rotatable bonds is 6. The van der Waals surface area contributed by atoms with E-state index in [1.54, 1.807) is 0 Å². The molecule has 0 saturated carbocycles. The maximum absolute atomic E-state index is 5.92. The minimum absolute atomic E-state index is 0.916. The van der Waals surface area contributed by atoms with E-state index in [4.69, 9.17) is 9.68 Å².